The number of aliphatic carboxylic acids is 1. The van der Waals surface area contributed by atoms with Crippen molar-refractivity contribution in [2.24, 2.45) is 11.7 Å². The number of hydrogen-bond donors (Lipinski definition) is 3. The number of allylic oxidation sites excluding steroid dienone is 2. The molecule has 0 aliphatic heterocycles. The summed E-state index contributed by atoms with van der Waals surface area (Å²) >= 11 is 0. The Morgan fingerprint density at radius 2 is 2.11 bits per heavy atom. The van der Waals surface area contributed by atoms with Gasteiger partial charge in [-0.25, -0.2) is 4.79 Å². The minimum Gasteiger partial charge on any atom is -0.480 e. The third-order valence-electron chi connectivity index (χ3n) is 2.93. The van der Waals surface area contributed by atoms with Crippen molar-refractivity contribution >= 4 is 17.8 Å². The molecule has 0 heterocycles. The lowest BCUT2D eigenvalue weighted by Crippen LogP contribution is -2.44. The predicted octanol–water partition coefficient (Wildman–Crippen LogP) is 0.178. The zero-order chi connectivity index (χ0) is 13.5. The highest BCUT2D eigenvalue weighted by Crippen LogP contribution is 2.18. The van der Waals surface area contributed by atoms with Crippen molar-refractivity contribution in [2.75, 3.05) is 0 Å². The van der Waals surface area contributed by atoms with Gasteiger partial charge < -0.3 is 16.2 Å². The van der Waals surface area contributed by atoms with E-state index in [-0.39, 0.29) is 24.7 Å². The van der Waals surface area contributed by atoms with Crippen LogP contribution in [0.4, 0.5) is 0 Å². The first-order chi connectivity index (χ1) is 8.50. The molecule has 0 fully saturated rings. The fraction of sp³-hybridized carbons (Fsp3) is 0.583. The Labute approximate surface area is 105 Å². The zero-order valence-electron chi connectivity index (χ0n) is 10.1. The molecule has 0 aromatic carbocycles. The molecule has 4 N–H and O–H groups in total. The quantitative estimate of drug-likeness (QED) is 0.587. The van der Waals surface area contributed by atoms with E-state index in [0.717, 1.165) is 12.8 Å². The molecule has 100 valence electrons. The average Bonchev–Trinajstić information content (AvgIpc) is 2.34. The number of primary amides is 1. The number of nitrogens with one attached hydrogen (secondary N) is 1. The Kier molecular flexibility index (Phi) is 5.35. The number of carboxylic acid groups (broad SMARTS) is 1. The summed E-state index contributed by atoms with van der Waals surface area (Å²) in [7, 11) is 0. The van der Waals surface area contributed by atoms with Gasteiger partial charge in [-0.3, -0.25) is 9.59 Å². The number of hydrogen-bond acceptors (Lipinski definition) is 3. The molecule has 1 rings (SSSR count). The number of carboxylic acids is 1. The molecule has 1 aliphatic carbocycles. The van der Waals surface area contributed by atoms with Crippen LogP contribution in [0.2, 0.25) is 0 Å². The van der Waals surface area contributed by atoms with Gasteiger partial charge in [-0.2, -0.15) is 0 Å². The van der Waals surface area contributed by atoms with Crippen LogP contribution in [0, 0.1) is 5.92 Å². The van der Waals surface area contributed by atoms with Gasteiger partial charge in [0.1, 0.15) is 6.04 Å². The van der Waals surface area contributed by atoms with E-state index in [0.29, 0.717) is 6.42 Å². The second-order valence-electron chi connectivity index (χ2n) is 4.39. The Bertz CT molecular complexity index is 365. The Balaban J connectivity index is 2.49. The minimum absolute atomic E-state index is 0.0268. The smallest absolute Gasteiger partial charge is 0.326 e. The lowest BCUT2D eigenvalue weighted by Gasteiger charge is -2.20. The standard InChI is InChI=1S/C12H18N2O4/c13-10(15)7-6-9(12(17)18)14-11(16)8-4-2-1-3-5-8/h1-2,8-9H,3-7H2,(H2,13,15)(H,14,16)(H,17,18)/t8?,9-/m1/s1. The molecule has 6 nitrogen and oxygen atoms in total. The van der Waals surface area contributed by atoms with E-state index in [1.165, 1.54) is 0 Å². The third kappa shape index (κ3) is 4.57. The number of carbonyl (C=O) groups is 3. The Hall–Kier alpha value is -1.85. The van der Waals surface area contributed by atoms with Gasteiger partial charge >= 0.3 is 5.97 Å². The van der Waals surface area contributed by atoms with Crippen LogP contribution in [0.1, 0.15) is 32.1 Å². The maximum atomic E-state index is 11.8. The average molecular weight is 254 g/mol. The van der Waals surface area contributed by atoms with Gasteiger partial charge in [0.2, 0.25) is 11.8 Å². The largest absolute Gasteiger partial charge is 0.480 e. The summed E-state index contributed by atoms with van der Waals surface area (Å²) in [5.74, 6) is -2.16. The van der Waals surface area contributed by atoms with Crippen LogP contribution >= 0.6 is 0 Å². The van der Waals surface area contributed by atoms with Crippen molar-refractivity contribution in [3.8, 4) is 0 Å². The second-order valence-corrected chi connectivity index (χ2v) is 4.39. The third-order valence-corrected chi connectivity index (χ3v) is 2.93. The van der Waals surface area contributed by atoms with Crippen molar-refractivity contribution in [1.29, 1.82) is 0 Å². The summed E-state index contributed by atoms with van der Waals surface area (Å²) in [5, 5.41) is 11.4. The molecule has 18 heavy (non-hydrogen) atoms. The summed E-state index contributed by atoms with van der Waals surface area (Å²) in [5.41, 5.74) is 4.96. The van der Waals surface area contributed by atoms with E-state index in [1.807, 2.05) is 12.2 Å². The molecule has 1 unspecified atom stereocenters. The first-order valence-corrected chi connectivity index (χ1v) is 5.97. The SMILES string of the molecule is NC(=O)CC[C@@H](NC(=O)C1CC=CCC1)C(=O)O. The molecule has 0 spiro atoms. The van der Waals surface area contributed by atoms with E-state index >= 15 is 0 Å². The first-order valence-electron chi connectivity index (χ1n) is 5.97. The number of rotatable bonds is 6. The maximum absolute atomic E-state index is 11.8. The molecule has 0 saturated carbocycles. The van der Waals surface area contributed by atoms with Crippen molar-refractivity contribution in [1.82, 2.24) is 5.32 Å². The molecule has 0 aromatic rings. The van der Waals surface area contributed by atoms with Gasteiger partial charge in [-0.1, -0.05) is 12.2 Å². The second kappa shape index (κ2) is 6.78. The molecule has 2 atom stereocenters. The number of nitrogens with two attached hydrogens (primary N) is 1. The van der Waals surface area contributed by atoms with Crippen molar-refractivity contribution in [3.63, 3.8) is 0 Å². The monoisotopic (exact) mass is 254 g/mol. The van der Waals surface area contributed by atoms with Gasteiger partial charge in [-0.15, -0.1) is 0 Å². The fourth-order valence-electron chi connectivity index (χ4n) is 1.87. The maximum Gasteiger partial charge on any atom is 0.326 e. The molecule has 0 aromatic heterocycles. The highest BCUT2D eigenvalue weighted by molar-refractivity contribution is 5.85. The van der Waals surface area contributed by atoms with Gasteiger partial charge in [-0.05, 0) is 25.7 Å². The summed E-state index contributed by atoms with van der Waals surface area (Å²) < 4.78 is 0. The van der Waals surface area contributed by atoms with E-state index in [4.69, 9.17) is 10.8 Å². The van der Waals surface area contributed by atoms with Crippen LogP contribution in [0.5, 0.6) is 0 Å². The topological polar surface area (TPSA) is 109 Å². The van der Waals surface area contributed by atoms with Crippen molar-refractivity contribution in [3.05, 3.63) is 12.2 Å². The van der Waals surface area contributed by atoms with Crippen LogP contribution in [0.15, 0.2) is 12.2 Å². The van der Waals surface area contributed by atoms with Gasteiger partial charge in [0.15, 0.2) is 0 Å². The highest BCUT2D eigenvalue weighted by atomic mass is 16.4. The molecule has 0 radical (unpaired) electrons. The fourth-order valence-corrected chi connectivity index (χ4v) is 1.87. The molecular weight excluding hydrogens is 236 g/mol. The Morgan fingerprint density at radius 1 is 1.39 bits per heavy atom. The molecule has 0 bridgehead atoms. The van der Waals surface area contributed by atoms with E-state index in [9.17, 15) is 14.4 Å². The van der Waals surface area contributed by atoms with Crippen LogP contribution in [-0.4, -0.2) is 28.9 Å². The lowest BCUT2D eigenvalue weighted by atomic mass is 9.93. The van der Waals surface area contributed by atoms with E-state index < -0.39 is 17.9 Å². The molecule has 0 saturated heterocycles. The van der Waals surface area contributed by atoms with Crippen LogP contribution in [-0.2, 0) is 14.4 Å². The summed E-state index contributed by atoms with van der Waals surface area (Å²) in [4.78, 5) is 33.4. The first kappa shape index (κ1) is 14.2. The van der Waals surface area contributed by atoms with Crippen LogP contribution < -0.4 is 11.1 Å². The Morgan fingerprint density at radius 3 is 2.61 bits per heavy atom. The highest BCUT2D eigenvalue weighted by Gasteiger charge is 2.25. The van der Waals surface area contributed by atoms with E-state index in [2.05, 4.69) is 5.32 Å². The number of amides is 2. The van der Waals surface area contributed by atoms with E-state index in [1.54, 1.807) is 0 Å². The predicted molar refractivity (Wildman–Crippen MR) is 64.5 cm³/mol. The normalized spacial score (nSPS) is 20.1. The molecular formula is C12H18N2O4. The summed E-state index contributed by atoms with van der Waals surface area (Å²) in [6.07, 6.45) is 6.09. The van der Waals surface area contributed by atoms with Crippen molar-refractivity contribution < 1.29 is 19.5 Å². The zero-order valence-corrected chi connectivity index (χ0v) is 10.1. The van der Waals surface area contributed by atoms with Crippen molar-refractivity contribution in [2.45, 2.75) is 38.1 Å². The minimum atomic E-state index is -1.14. The van der Waals surface area contributed by atoms with Gasteiger partial charge in [0, 0.05) is 12.3 Å². The molecule has 6 heteroatoms. The summed E-state index contributed by atoms with van der Waals surface area (Å²) in [6.45, 7) is 0. The lowest BCUT2D eigenvalue weighted by molar-refractivity contribution is -0.142. The van der Waals surface area contributed by atoms with Gasteiger partial charge in [0.05, 0.1) is 0 Å². The molecule has 2 amide bonds. The number of carbonyl (C=O) groups excluding carboxylic acids is 2. The molecule has 1 aliphatic rings. The van der Waals surface area contributed by atoms with Gasteiger partial charge in [0.25, 0.3) is 0 Å². The van der Waals surface area contributed by atoms with Crippen LogP contribution in [0.3, 0.4) is 0 Å². The summed E-state index contributed by atoms with van der Waals surface area (Å²) in [6, 6.07) is -1.05. The van der Waals surface area contributed by atoms with Crippen LogP contribution in [0.25, 0.3) is 0 Å².